The molecule has 0 aromatic heterocycles. The molecule has 2 heterocycles. The zero-order chi connectivity index (χ0) is 11.2. The number of hydrogen-bond donors (Lipinski definition) is 1. The highest BCUT2D eigenvalue weighted by Crippen LogP contribution is 2.10. The molecule has 0 aromatic carbocycles. The maximum absolute atomic E-state index is 3.38. The first-order valence-electron chi connectivity index (χ1n) is 7.07. The topological polar surface area (TPSA) is 18.5 Å². The van der Waals surface area contributed by atoms with Crippen molar-refractivity contribution >= 4 is 0 Å². The van der Waals surface area contributed by atoms with Gasteiger partial charge in [-0.2, -0.15) is 0 Å². The van der Waals surface area contributed by atoms with E-state index in [1.165, 1.54) is 71.5 Å². The molecule has 0 unspecified atom stereocenters. The lowest BCUT2D eigenvalue weighted by molar-refractivity contribution is 0.138. The van der Waals surface area contributed by atoms with Crippen molar-refractivity contribution < 1.29 is 0 Å². The van der Waals surface area contributed by atoms with Crippen molar-refractivity contribution in [2.24, 2.45) is 0 Å². The number of nitrogens with zero attached hydrogens (tertiary/aromatic N) is 2. The number of rotatable bonds is 7. The number of hydrogen-bond acceptors (Lipinski definition) is 3. The van der Waals surface area contributed by atoms with Gasteiger partial charge in [-0.05, 0) is 58.4 Å². The highest BCUT2D eigenvalue weighted by molar-refractivity contribution is 4.84. The molecule has 0 bridgehead atoms. The Morgan fingerprint density at radius 3 is 2.50 bits per heavy atom. The van der Waals surface area contributed by atoms with Crippen LogP contribution in [0.5, 0.6) is 0 Å². The average Bonchev–Trinajstić information content (AvgIpc) is 2.68. The van der Waals surface area contributed by atoms with E-state index in [0.29, 0.717) is 0 Å². The Morgan fingerprint density at radius 1 is 1.19 bits per heavy atom. The van der Waals surface area contributed by atoms with Crippen molar-refractivity contribution in [2.75, 3.05) is 45.8 Å². The smallest absolute Gasteiger partial charge is 0.0345 e. The van der Waals surface area contributed by atoms with Crippen molar-refractivity contribution in [3.8, 4) is 0 Å². The molecule has 2 rings (SSSR count). The molecule has 3 nitrogen and oxygen atoms in total. The normalized spacial score (nSPS) is 22.9. The highest BCUT2D eigenvalue weighted by atomic mass is 15.2. The van der Waals surface area contributed by atoms with Gasteiger partial charge < -0.3 is 10.2 Å². The van der Waals surface area contributed by atoms with Crippen LogP contribution in [0.15, 0.2) is 0 Å². The first-order chi connectivity index (χ1) is 7.90. The van der Waals surface area contributed by atoms with Gasteiger partial charge in [0.1, 0.15) is 0 Å². The molecule has 0 spiro atoms. The molecule has 2 fully saturated rings. The Labute approximate surface area is 100 Å². The first kappa shape index (κ1) is 12.3. The lowest BCUT2D eigenvalue weighted by Gasteiger charge is -2.38. The molecular formula is C13H27N3. The van der Waals surface area contributed by atoms with Crippen molar-refractivity contribution in [3.05, 3.63) is 0 Å². The predicted octanol–water partition coefficient (Wildman–Crippen LogP) is 1.16. The van der Waals surface area contributed by atoms with Crippen molar-refractivity contribution in [3.63, 3.8) is 0 Å². The van der Waals surface area contributed by atoms with Crippen LogP contribution >= 0.6 is 0 Å². The van der Waals surface area contributed by atoms with Gasteiger partial charge in [0.15, 0.2) is 0 Å². The minimum Gasteiger partial charge on any atom is -0.314 e. The second-order valence-electron chi connectivity index (χ2n) is 5.25. The molecule has 0 atom stereocenters. The van der Waals surface area contributed by atoms with Gasteiger partial charge >= 0.3 is 0 Å². The fourth-order valence-electron chi connectivity index (χ4n) is 2.80. The molecule has 16 heavy (non-hydrogen) atoms. The minimum absolute atomic E-state index is 0.832. The summed E-state index contributed by atoms with van der Waals surface area (Å²) in [7, 11) is 0. The summed E-state index contributed by atoms with van der Waals surface area (Å²) in [5.41, 5.74) is 0. The van der Waals surface area contributed by atoms with Crippen LogP contribution in [0.3, 0.4) is 0 Å². The molecule has 2 saturated heterocycles. The quantitative estimate of drug-likeness (QED) is 0.701. The van der Waals surface area contributed by atoms with Gasteiger partial charge in [-0.15, -0.1) is 0 Å². The Bertz CT molecular complexity index is 186. The molecule has 2 aliphatic rings. The summed E-state index contributed by atoms with van der Waals surface area (Å²) in [6.45, 7) is 11.3. The molecule has 0 aromatic rings. The summed E-state index contributed by atoms with van der Waals surface area (Å²) in [5.74, 6) is 0. The van der Waals surface area contributed by atoms with E-state index >= 15 is 0 Å². The van der Waals surface area contributed by atoms with Crippen molar-refractivity contribution in [2.45, 2.75) is 38.6 Å². The molecular weight excluding hydrogens is 198 g/mol. The van der Waals surface area contributed by atoms with Crippen LogP contribution in [0.4, 0.5) is 0 Å². The maximum Gasteiger partial charge on any atom is 0.0345 e. The first-order valence-corrected chi connectivity index (χ1v) is 7.07. The summed E-state index contributed by atoms with van der Waals surface area (Å²) < 4.78 is 0. The third kappa shape index (κ3) is 3.44. The van der Waals surface area contributed by atoms with Crippen LogP contribution in [-0.4, -0.2) is 61.7 Å². The average molecular weight is 225 g/mol. The van der Waals surface area contributed by atoms with Gasteiger partial charge in [0.05, 0.1) is 0 Å². The maximum atomic E-state index is 3.38. The Kier molecular flexibility index (Phi) is 5.07. The fraction of sp³-hybridized carbons (Fsp3) is 1.00. The molecule has 94 valence electrons. The highest BCUT2D eigenvalue weighted by Gasteiger charge is 2.23. The van der Waals surface area contributed by atoms with Gasteiger partial charge in [0.2, 0.25) is 0 Å². The minimum atomic E-state index is 0.832. The van der Waals surface area contributed by atoms with Crippen LogP contribution in [-0.2, 0) is 0 Å². The lowest BCUT2D eigenvalue weighted by Crippen LogP contribution is -2.57. The second kappa shape index (κ2) is 6.58. The van der Waals surface area contributed by atoms with Gasteiger partial charge in [0.25, 0.3) is 0 Å². The molecule has 0 radical (unpaired) electrons. The Morgan fingerprint density at radius 2 is 1.94 bits per heavy atom. The van der Waals surface area contributed by atoms with Gasteiger partial charge in [-0.1, -0.05) is 6.92 Å². The van der Waals surface area contributed by atoms with E-state index in [-0.39, 0.29) is 0 Å². The van der Waals surface area contributed by atoms with Crippen LogP contribution in [0.2, 0.25) is 0 Å². The van der Waals surface area contributed by atoms with Gasteiger partial charge in [0, 0.05) is 19.1 Å². The van der Waals surface area contributed by atoms with E-state index in [9.17, 15) is 0 Å². The summed E-state index contributed by atoms with van der Waals surface area (Å²) in [4.78, 5) is 5.32. The number of likely N-dealkylation sites (tertiary alicyclic amines) is 1. The van der Waals surface area contributed by atoms with Crippen LogP contribution in [0.1, 0.15) is 32.6 Å². The van der Waals surface area contributed by atoms with Crippen molar-refractivity contribution in [1.29, 1.82) is 0 Å². The van der Waals surface area contributed by atoms with E-state index in [1.54, 1.807) is 0 Å². The van der Waals surface area contributed by atoms with Crippen LogP contribution in [0, 0.1) is 0 Å². The molecule has 1 N–H and O–H groups in total. The zero-order valence-corrected chi connectivity index (χ0v) is 10.7. The monoisotopic (exact) mass is 225 g/mol. The summed E-state index contributed by atoms with van der Waals surface area (Å²) >= 11 is 0. The number of nitrogens with one attached hydrogen (secondary N) is 1. The van der Waals surface area contributed by atoms with Crippen LogP contribution in [0.25, 0.3) is 0 Å². The Balaban J connectivity index is 1.60. The lowest BCUT2D eigenvalue weighted by atomic mass is 10.1. The predicted molar refractivity (Wildman–Crippen MR) is 68.8 cm³/mol. The van der Waals surface area contributed by atoms with E-state index in [0.717, 1.165) is 6.04 Å². The molecule has 3 heteroatoms. The summed E-state index contributed by atoms with van der Waals surface area (Å²) in [6, 6.07) is 0.832. The third-order valence-corrected chi connectivity index (χ3v) is 3.91. The van der Waals surface area contributed by atoms with Crippen molar-refractivity contribution in [1.82, 2.24) is 15.1 Å². The Hall–Kier alpha value is -0.120. The fourth-order valence-corrected chi connectivity index (χ4v) is 2.80. The van der Waals surface area contributed by atoms with Gasteiger partial charge in [-0.25, -0.2) is 0 Å². The van der Waals surface area contributed by atoms with Crippen LogP contribution < -0.4 is 5.32 Å². The van der Waals surface area contributed by atoms with E-state index in [1.807, 2.05) is 0 Å². The molecule has 0 amide bonds. The van der Waals surface area contributed by atoms with E-state index < -0.39 is 0 Å². The third-order valence-electron chi connectivity index (χ3n) is 3.91. The molecule has 0 saturated carbocycles. The zero-order valence-electron chi connectivity index (χ0n) is 10.7. The summed E-state index contributed by atoms with van der Waals surface area (Å²) in [5, 5.41) is 3.38. The summed E-state index contributed by atoms with van der Waals surface area (Å²) in [6.07, 6.45) is 5.49. The van der Waals surface area contributed by atoms with E-state index in [2.05, 4.69) is 22.0 Å². The van der Waals surface area contributed by atoms with Gasteiger partial charge in [-0.3, -0.25) is 4.90 Å². The van der Waals surface area contributed by atoms with E-state index in [4.69, 9.17) is 0 Å². The molecule has 0 aliphatic carbocycles. The largest absolute Gasteiger partial charge is 0.314 e. The second-order valence-corrected chi connectivity index (χ2v) is 5.25. The molecule has 2 aliphatic heterocycles. The SMILES string of the molecule is CCCN(CCCN1CCCC1)C1CNC1. The standard InChI is InChI=1S/C13H27N3/c1-2-6-16(13-11-14-12-13)10-5-9-15-7-3-4-8-15/h13-14H,2-12H2,1H3.